The molecule has 2 aromatic rings. The molecular formula is C22H22N2O6. The minimum atomic E-state index is -1.16. The molecule has 0 spiro atoms. The van der Waals surface area contributed by atoms with Crippen molar-refractivity contribution in [1.29, 1.82) is 0 Å². The topological polar surface area (TPSA) is 114 Å². The number of nitrogens with one attached hydrogen (secondary N) is 2. The monoisotopic (exact) mass is 410 g/mol. The van der Waals surface area contributed by atoms with Gasteiger partial charge < -0.3 is 25.2 Å². The van der Waals surface area contributed by atoms with E-state index in [1.165, 1.54) is 6.08 Å². The molecule has 1 aliphatic rings. The Bertz CT molecular complexity index is 984. The highest BCUT2D eigenvalue weighted by Crippen LogP contribution is 2.33. The van der Waals surface area contributed by atoms with E-state index in [2.05, 4.69) is 10.6 Å². The van der Waals surface area contributed by atoms with Crippen LogP contribution in [0.1, 0.15) is 29.8 Å². The Morgan fingerprint density at radius 1 is 1.03 bits per heavy atom. The molecule has 8 heteroatoms. The fourth-order valence-electron chi connectivity index (χ4n) is 2.84. The van der Waals surface area contributed by atoms with Crippen LogP contribution in [0.4, 0.5) is 0 Å². The van der Waals surface area contributed by atoms with Crippen molar-refractivity contribution >= 4 is 23.9 Å². The van der Waals surface area contributed by atoms with Gasteiger partial charge in [0, 0.05) is 5.56 Å². The van der Waals surface area contributed by atoms with Crippen molar-refractivity contribution in [2.75, 3.05) is 6.79 Å². The molecule has 0 aromatic heterocycles. The molecule has 3 N–H and O–H groups in total. The number of fused-ring (bicyclic) bond motifs is 1. The van der Waals surface area contributed by atoms with E-state index in [9.17, 15) is 19.5 Å². The van der Waals surface area contributed by atoms with Crippen LogP contribution in [0, 0.1) is 5.92 Å². The fourth-order valence-corrected chi connectivity index (χ4v) is 2.84. The third-order valence-corrected chi connectivity index (χ3v) is 4.46. The molecule has 0 bridgehead atoms. The van der Waals surface area contributed by atoms with Gasteiger partial charge in [-0.05, 0) is 41.8 Å². The molecule has 8 nitrogen and oxygen atoms in total. The highest BCUT2D eigenvalue weighted by atomic mass is 16.7. The summed E-state index contributed by atoms with van der Waals surface area (Å²) in [7, 11) is 0. The summed E-state index contributed by atoms with van der Waals surface area (Å²) in [5.41, 5.74) is 0.851. The van der Waals surface area contributed by atoms with E-state index in [4.69, 9.17) is 9.47 Å². The zero-order valence-corrected chi connectivity index (χ0v) is 16.5. The number of hydrogen-bond acceptors (Lipinski definition) is 5. The summed E-state index contributed by atoms with van der Waals surface area (Å²) in [5.74, 6) is -1.61. The van der Waals surface area contributed by atoms with Crippen LogP contribution in [0.2, 0.25) is 0 Å². The number of amides is 2. The second kappa shape index (κ2) is 9.13. The van der Waals surface area contributed by atoms with Gasteiger partial charge in [-0.25, -0.2) is 4.79 Å². The summed E-state index contributed by atoms with van der Waals surface area (Å²) in [4.78, 5) is 36.9. The number of aliphatic carboxylic acids is 1. The van der Waals surface area contributed by atoms with Gasteiger partial charge in [-0.3, -0.25) is 9.59 Å². The van der Waals surface area contributed by atoms with Gasteiger partial charge in [0.05, 0.1) is 0 Å². The zero-order valence-electron chi connectivity index (χ0n) is 16.5. The van der Waals surface area contributed by atoms with Crippen molar-refractivity contribution < 1.29 is 29.0 Å². The van der Waals surface area contributed by atoms with E-state index < -0.39 is 23.8 Å². The van der Waals surface area contributed by atoms with Gasteiger partial charge in [0.15, 0.2) is 11.5 Å². The van der Waals surface area contributed by atoms with Crippen molar-refractivity contribution in [1.82, 2.24) is 10.6 Å². The quantitative estimate of drug-likeness (QED) is 0.604. The normalized spacial score (nSPS) is 13.6. The molecule has 0 saturated carbocycles. The van der Waals surface area contributed by atoms with E-state index in [-0.39, 0.29) is 18.4 Å². The van der Waals surface area contributed by atoms with Crippen molar-refractivity contribution in [3.8, 4) is 11.5 Å². The Hall–Kier alpha value is -3.81. The minimum absolute atomic E-state index is 0.0883. The standard InChI is InChI=1S/C22H22N2O6/c1-13(2)19(22(27)28)24-21(26)16(23-20(25)15-6-4-3-5-7-15)10-14-8-9-17-18(11-14)30-12-29-17/h3-11,13,19H,12H2,1-2H3,(H,23,25)(H,24,26)(H,27,28). The molecule has 0 fully saturated rings. The zero-order chi connectivity index (χ0) is 21.7. The van der Waals surface area contributed by atoms with Crippen molar-refractivity contribution in [3.63, 3.8) is 0 Å². The first kappa shape index (κ1) is 20.9. The first-order chi connectivity index (χ1) is 14.3. The van der Waals surface area contributed by atoms with Crippen LogP contribution >= 0.6 is 0 Å². The first-order valence-electron chi connectivity index (χ1n) is 9.36. The lowest BCUT2D eigenvalue weighted by molar-refractivity contribution is -0.142. The van der Waals surface area contributed by atoms with Crippen molar-refractivity contribution in [3.05, 3.63) is 65.4 Å². The molecule has 1 atom stereocenters. The van der Waals surface area contributed by atoms with Gasteiger partial charge in [-0.2, -0.15) is 0 Å². The summed E-state index contributed by atoms with van der Waals surface area (Å²) in [6.07, 6.45) is 1.46. The van der Waals surface area contributed by atoms with Crippen molar-refractivity contribution in [2.24, 2.45) is 5.92 Å². The smallest absolute Gasteiger partial charge is 0.326 e. The van der Waals surface area contributed by atoms with E-state index in [0.29, 0.717) is 22.6 Å². The van der Waals surface area contributed by atoms with Crippen LogP contribution in [-0.2, 0) is 9.59 Å². The summed E-state index contributed by atoms with van der Waals surface area (Å²) < 4.78 is 10.6. The molecule has 0 saturated heterocycles. The Morgan fingerprint density at radius 2 is 1.73 bits per heavy atom. The lowest BCUT2D eigenvalue weighted by Gasteiger charge is -2.19. The molecule has 2 amide bonds. The van der Waals surface area contributed by atoms with E-state index in [1.807, 2.05) is 0 Å². The fraction of sp³-hybridized carbons (Fsp3) is 0.227. The maximum atomic E-state index is 12.9. The number of benzene rings is 2. The van der Waals surface area contributed by atoms with Crippen LogP contribution < -0.4 is 20.1 Å². The predicted molar refractivity (Wildman–Crippen MR) is 109 cm³/mol. The van der Waals surface area contributed by atoms with Gasteiger partial charge in [0.25, 0.3) is 11.8 Å². The maximum absolute atomic E-state index is 12.9. The summed E-state index contributed by atoms with van der Waals surface area (Å²) >= 11 is 0. The summed E-state index contributed by atoms with van der Waals surface area (Å²) in [5, 5.41) is 14.4. The number of carbonyl (C=O) groups is 3. The Balaban J connectivity index is 1.90. The van der Waals surface area contributed by atoms with E-state index in [1.54, 1.807) is 62.4 Å². The molecule has 1 aliphatic heterocycles. The lowest BCUT2D eigenvalue weighted by atomic mass is 10.0. The molecule has 1 unspecified atom stereocenters. The number of carboxylic acids is 1. The average molecular weight is 410 g/mol. The highest BCUT2D eigenvalue weighted by Gasteiger charge is 2.26. The number of rotatable bonds is 7. The van der Waals surface area contributed by atoms with Gasteiger partial charge in [-0.15, -0.1) is 0 Å². The van der Waals surface area contributed by atoms with Gasteiger partial charge >= 0.3 is 5.97 Å². The lowest BCUT2D eigenvalue weighted by Crippen LogP contribution is -2.47. The second-order valence-electron chi connectivity index (χ2n) is 7.02. The molecular weight excluding hydrogens is 388 g/mol. The third kappa shape index (κ3) is 4.96. The summed E-state index contributed by atoms with van der Waals surface area (Å²) in [6, 6.07) is 12.4. The minimum Gasteiger partial charge on any atom is -0.480 e. The number of hydrogen-bond donors (Lipinski definition) is 3. The molecule has 0 radical (unpaired) electrons. The van der Waals surface area contributed by atoms with E-state index in [0.717, 1.165) is 0 Å². The molecule has 156 valence electrons. The Labute approximate surface area is 173 Å². The average Bonchev–Trinajstić information content (AvgIpc) is 3.19. The number of carboxylic acid groups (broad SMARTS) is 1. The molecule has 1 heterocycles. The summed E-state index contributed by atoms with van der Waals surface area (Å²) in [6.45, 7) is 3.47. The number of ether oxygens (including phenoxy) is 2. The molecule has 30 heavy (non-hydrogen) atoms. The Morgan fingerprint density at radius 3 is 2.40 bits per heavy atom. The Kier molecular flexibility index (Phi) is 6.36. The first-order valence-corrected chi connectivity index (χ1v) is 9.36. The largest absolute Gasteiger partial charge is 0.480 e. The molecule has 3 rings (SSSR count). The predicted octanol–water partition coefficient (Wildman–Crippen LogP) is 2.41. The molecule has 0 aliphatic carbocycles. The number of carbonyl (C=O) groups excluding carboxylic acids is 2. The van der Waals surface area contributed by atoms with Gasteiger partial charge in [-0.1, -0.05) is 38.1 Å². The highest BCUT2D eigenvalue weighted by molar-refractivity contribution is 6.06. The van der Waals surface area contributed by atoms with Gasteiger partial charge in [0.1, 0.15) is 11.7 Å². The molecule has 2 aromatic carbocycles. The van der Waals surface area contributed by atoms with Crippen LogP contribution in [0.15, 0.2) is 54.2 Å². The van der Waals surface area contributed by atoms with Crippen LogP contribution in [-0.4, -0.2) is 35.7 Å². The van der Waals surface area contributed by atoms with Crippen molar-refractivity contribution in [2.45, 2.75) is 19.9 Å². The third-order valence-electron chi connectivity index (χ3n) is 4.46. The van der Waals surface area contributed by atoms with E-state index >= 15 is 0 Å². The second-order valence-corrected chi connectivity index (χ2v) is 7.02. The maximum Gasteiger partial charge on any atom is 0.326 e. The van der Waals surface area contributed by atoms with Crippen LogP contribution in [0.3, 0.4) is 0 Å². The van der Waals surface area contributed by atoms with Gasteiger partial charge in [0.2, 0.25) is 6.79 Å². The van der Waals surface area contributed by atoms with Crippen LogP contribution in [0.5, 0.6) is 11.5 Å². The van der Waals surface area contributed by atoms with Crippen LogP contribution in [0.25, 0.3) is 6.08 Å². The SMILES string of the molecule is CC(C)C(NC(=O)C(=Cc1ccc2c(c1)OCO2)NC(=O)c1ccccc1)C(=O)O.